The van der Waals surface area contributed by atoms with Crippen molar-refractivity contribution in [2.45, 2.75) is 12.8 Å². The van der Waals surface area contributed by atoms with Crippen molar-refractivity contribution in [3.05, 3.63) is 30.0 Å². The van der Waals surface area contributed by atoms with Crippen LogP contribution in [0.3, 0.4) is 0 Å². The number of ether oxygens (including phenoxy) is 5. The van der Waals surface area contributed by atoms with E-state index in [2.05, 4.69) is 15.0 Å². The highest BCUT2D eigenvalue weighted by molar-refractivity contribution is 5.83. The van der Waals surface area contributed by atoms with Crippen molar-refractivity contribution >= 4 is 16.7 Å². The first-order chi connectivity index (χ1) is 16.6. The molecule has 0 radical (unpaired) electrons. The summed E-state index contributed by atoms with van der Waals surface area (Å²) in [6.45, 7) is 4.77. The number of fused-ring (bicyclic) bond motifs is 1. The molecule has 0 unspecified atom stereocenters. The fourth-order valence-corrected chi connectivity index (χ4v) is 4.51. The average molecular weight is 472 g/mol. The highest BCUT2D eigenvalue weighted by atomic mass is 16.5. The van der Waals surface area contributed by atoms with E-state index in [1.807, 2.05) is 24.3 Å². The Morgan fingerprint density at radius 3 is 2.12 bits per heavy atom. The lowest BCUT2D eigenvalue weighted by Crippen LogP contribution is -2.46. The number of anilines is 1. The minimum Gasteiger partial charge on any atom is -0.493 e. The fourth-order valence-electron chi connectivity index (χ4n) is 4.51. The molecule has 0 saturated carbocycles. The molecule has 9 nitrogen and oxygen atoms in total. The van der Waals surface area contributed by atoms with E-state index in [0.29, 0.717) is 34.3 Å². The van der Waals surface area contributed by atoms with Crippen molar-refractivity contribution in [1.29, 1.82) is 0 Å². The number of methoxy groups -OCH3 is 5. The van der Waals surface area contributed by atoms with Crippen LogP contribution in [0.1, 0.15) is 12.1 Å². The van der Waals surface area contributed by atoms with Crippen LogP contribution in [-0.2, 0) is 6.42 Å². The Bertz CT molecular complexity index is 1110. The monoisotopic (exact) mass is 471 g/mol. The van der Waals surface area contributed by atoms with Gasteiger partial charge in [0.25, 0.3) is 0 Å². The predicted octanol–water partition coefficient (Wildman–Crippen LogP) is 3.63. The molecule has 34 heavy (non-hydrogen) atoms. The maximum atomic E-state index is 5.67. The third-order valence-electron chi connectivity index (χ3n) is 6.34. The summed E-state index contributed by atoms with van der Waals surface area (Å²) >= 11 is 0. The summed E-state index contributed by atoms with van der Waals surface area (Å²) in [5, 5.41) is 5.26. The van der Waals surface area contributed by atoms with E-state index in [1.54, 1.807) is 35.5 Å². The van der Waals surface area contributed by atoms with E-state index in [-0.39, 0.29) is 0 Å². The van der Waals surface area contributed by atoms with Gasteiger partial charge < -0.3 is 33.1 Å². The van der Waals surface area contributed by atoms with Crippen LogP contribution in [0.4, 0.5) is 5.69 Å². The molecule has 0 N–H and O–H groups in total. The summed E-state index contributed by atoms with van der Waals surface area (Å²) < 4.78 is 32.9. The maximum Gasteiger partial charge on any atom is 0.205 e. The van der Waals surface area contributed by atoms with Gasteiger partial charge in [-0.05, 0) is 37.6 Å². The first-order valence-corrected chi connectivity index (χ1v) is 11.4. The highest BCUT2D eigenvalue weighted by Gasteiger charge is 2.24. The second-order valence-electron chi connectivity index (χ2n) is 8.12. The molecule has 0 bridgehead atoms. The predicted molar refractivity (Wildman–Crippen MR) is 130 cm³/mol. The molecule has 0 amide bonds. The van der Waals surface area contributed by atoms with Crippen molar-refractivity contribution in [1.82, 2.24) is 10.1 Å². The molecule has 4 rings (SSSR count). The number of rotatable bonds is 10. The third-order valence-corrected chi connectivity index (χ3v) is 6.34. The molecule has 1 saturated heterocycles. The van der Waals surface area contributed by atoms with Gasteiger partial charge in [0.1, 0.15) is 0 Å². The van der Waals surface area contributed by atoms with Crippen LogP contribution in [0.25, 0.3) is 11.0 Å². The van der Waals surface area contributed by atoms with Crippen LogP contribution in [0.15, 0.2) is 28.8 Å². The maximum absolute atomic E-state index is 5.67. The molecule has 1 aliphatic heterocycles. The lowest BCUT2D eigenvalue weighted by Gasteiger charge is -2.37. The SMILES string of the molecule is COc1cc2onc(CCCN3CCN(c4ccc(OC)c(OC)c4OC)CC3)c2cc1OC. The van der Waals surface area contributed by atoms with Crippen LogP contribution < -0.4 is 28.6 Å². The second-order valence-corrected chi connectivity index (χ2v) is 8.12. The third kappa shape index (κ3) is 4.65. The quantitative estimate of drug-likeness (QED) is 0.440. The average Bonchev–Trinajstić information content (AvgIpc) is 3.28. The summed E-state index contributed by atoms with van der Waals surface area (Å²) in [6, 6.07) is 7.73. The molecule has 2 heterocycles. The summed E-state index contributed by atoms with van der Waals surface area (Å²) in [5.74, 6) is 3.32. The number of piperazine rings is 1. The number of nitrogens with zero attached hydrogens (tertiary/aromatic N) is 3. The molecule has 3 aromatic rings. The Balaban J connectivity index is 1.34. The summed E-state index contributed by atoms with van der Waals surface area (Å²) in [7, 11) is 8.17. The fraction of sp³-hybridized carbons (Fsp3) is 0.480. The molecule has 2 aromatic carbocycles. The van der Waals surface area contributed by atoms with Crippen molar-refractivity contribution in [3.8, 4) is 28.7 Å². The molecular weight excluding hydrogens is 438 g/mol. The first-order valence-electron chi connectivity index (χ1n) is 11.4. The number of aryl methyl sites for hydroxylation is 1. The van der Waals surface area contributed by atoms with Gasteiger partial charge in [0.05, 0.1) is 46.9 Å². The van der Waals surface area contributed by atoms with E-state index in [1.165, 1.54) is 0 Å². The van der Waals surface area contributed by atoms with Gasteiger partial charge in [-0.1, -0.05) is 5.16 Å². The first kappa shape index (κ1) is 23.8. The van der Waals surface area contributed by atoms with Gasteiger partial charge in [-0.3, -0.25) is 4.90 Å². The number of hydrogen-bond acceptors (Lipinski definition) is 9. The van der Waals surface area contributed by atoms with Gasteiger partial charge in [0, 0.05) is 37.6 Å². The molecular formula is C25H33N3O6. The Morgan fingerprint density at radius 2 is 1.47 bits per heavy atom. The Hall–Kier alpha value is -3.33. The van der Waals surface area contributed by atoms with Crippen LogP contribution in [0.5, 0.6) is 28.7 Å². The normalized spacial score (nSPS) is 14.3. The van der Waals surface area contributed by atoms with Crippen molar-refractivity contribution in [2.75, 3.05) is 73.2 Å². The lowest BCUT2D eigenvalue weighted by atomic mass is 10.1. The van der Waals surface area contributed by atoms with Crippen LogP contribution in [-0.4, -0.2) is 78.3 Å². The Kier molecular flexibility index (Phi) is 7.52. The van der Waals surface area contributed by atoms with Crippen molar-refractivity contribution in [2.24, 2.45) is 0 Å². The summed E-state index contributed by atoms with van der Waals surface area (Å²) in [5.41, 5.74) is 2.69. The Morgan fingerprint density at radius 1 is 0.794 bits per heavy atom. The van der Waals surface area contributed by atoms with Gasteiger partial charge in [-0.25, -0.2) is 0 Å². The highest BCUT2D eigenvalue weighted by Crippen LogP contribution is 2.44. The van der Waals surface area contributed by atoms with Gasteiger partial charge in [0.2, 0.25) is 5.75 Å². The second kappa shape index (κ2) is 10.7. The molecule has 1 aromatic heterocycles. The summed E-state index contributed by atoms with van der Waals surface area (Å²) in [4.78, 5) is 4.82. The molecule has 0 spiro atoms. The van der Waals surface area contributed by atoms with E-state index in [9.17, 15) is 0 Å². The zero-order chi connectivity index (χ0) is 24.1. The van der Waals surface area contributed by atoms with E-state index in [4.69, 9.17) is 28.2 Å². The largest absolute Gasteiger partial charge is 0.493 e. The van der Waals surface area contributed by atoms with E-state index in [0.717, 1.165) is 62.3 Å². The van der Waals surface area contributed by atoms with Crippen molar-refractivity contribution < 1.29 is 28.2 Å². The zero-order valence-corrected chi connectivity index (χ0v) is 20.6. The smallest absolute Gasteiger partial charge is 0.205 e. The number of aromatic nitrogens is 1. The molecule has 1 fully saturated rings. The number of hydrogen-bond donors (Lipinski definition) is 0. The zero-order valence-electron chi connectivity index (χ0n) is 20.6. The topological polar surface area (TPSA) is 78.7 Å². The van der Waals surface area contributed by atoms with Crippen LogP contribution in [0.2, 0.25) is 0 Å². The standard InChI is InChI=1S/C25H33N3O6/c1-29-20-9-8-19(24(32-4)25(20)33-5)28-13-11-27(12-14-28)10-6-7-18-17-15-22(30-2)23(31-3)16-21(17)34-26-18/h8-9,15-16H,6-7,10-14H2,1-5H3. The van der Waals surface area contributed by atoms with Gasteiger partial charge in [0.15, 0.2) is 28.6 Å². The van der Waals surface area contributed by atoms with E-state index >= 15 is 0 Å². The van der Waals surface area contributed by atoms with Gasteiger partial charge in [-0.2, -0.15) is 0 Å². The minimum atomic E-state index is 0.624. The Labute approximate surface area is 200 Å². The lowest BCUT2D eigenvalue weighted by molar-refractivity contribution is 0.253. The van der Waals surface area contributed by atoms with Crippen LogP contribution >= 0.6 is 0 Å². The van der Waals surface area contributed by atoms with Crippen molar-refractivity contribution in [3.63, 3.8) is 0 Å². The molecule has 9 heteroatoms. The van der Waals surface area contributed by atoms with Gasteiger partial charge >= 0.3 is 0 Å². The van der Waals surface area contributed by atoms with Gasteiger partial charge in [-0.15, -0.1) is 0 Å². The van der Waals surface area contributed by atoms with E-state index < -0.39 is 0 Å². The molecule has 0 aliphatic carbocycles. The van der Waals surface area contributed by atoms with Crippen LogP contribution in [0, 0.1) is 0 Å². The number of benzene rings is 2. The molecule has 1 aliphatic rings. The summed E-state index contributed by atoms with van der Waals surface area (Å²) in [6.07, 6.45) is 1.84. The minimum absolute atomic E-state index is 0.624. The molecule has 0 atom stereocenters. The molecule has 184 valence electrons.